The topological polar surface area (TPSA) is 60.2 Å². The summed E-state index contributed by atoms with van der Waals surface area (Å²) in [5.41, 5.74) is 2.39. The number of anilines is 1. The molecular weight excluding hydrogens is 280 g/mol. The molecule has 1 aromatic heterocycles. The summed E-state index contributed by atoms with van der Waals surface area (Å²) in [6.07, 6.45) is 1.50. The third-order valence-electron chi connectivity index (χ3n) is 3.88. The predicted molar refractivity (Wildman–Crippen MR) is 82.3 cm³/mol. The molecule has 0 fully saturated rings. The Hall–Kier alpha value is -2.63. The second-order valence-electron chi connectivity index (χ2n) is 5.10. The maximum Gasteiger partial charge on any atom is 0.338 e. The molecule has 0 saturated carbocycles. The number of benzene rings is 1. The van der Waals surface area contributed by atoms with Crippen molar-refractivity contribution in [1.82, 2.24) is 14.8 Å². The largest absolute Gasteiger partial charge is 0.463 e. The van der Waals surface area contributed by atoms with E-state index in [-0.39, 0.29) is 12.0 Å². The number of rotatable bonds is 3. The number of hydrogen-bond donors (Lipinski definition) is 0. The first-order chi connectivity index (χ1) is 10.6. The molecule has 6 heteroatoms. The molecule has 6 nitrogen and oxygen atoms in total. The Morgan fingerprint density at radius 3 is 2.73 bits per heavy atom. The fourth-order valence-electron chi connectivity index (χ4n) is 2.73. The summed E-state index contributed by atoms with van der Waals surface area (Å²) >= 11 is 0. The van der Waals surface area contributed by atoms with E-state index in [1.54, 1.807) is 11.6 Å². The van der Waals surface area contributed by atoms with Crippen molar-refractivity contribution < 1.29 is 9.53 Å². The number of aromatic nitrogens is 3. The number of carbonyl (C=O) groups is 1. The van der Waals surface area contributed by atoms with Gasteiger partial charge in [-0.2, -0.15) is 10.1 Å². The number of nitrogens with zero attached hydrogens (tertiary/aromatic N) is 4. The van der Waals surface area contributed by atoms with Gasteiger partial charge in [-0.25, -0.2) is 9.48 Å². The molecule has 0 amide bonds. The highest BCUT2D eigenvalue weighted by Gasteiger charge is 2.36. The van der Waals surface area contributed by atoms with Crippen molar-refractivity contribution in [2.45, 2.75) is 19.9 Å². The second-order valence-corrected chi connectivity index (χ2v) is 5.10. The van der Waals surface area contributed by atoms with Crippen molar-refractivity contribution in [2.24, 2.45) is 0 Å². The van der Waals surface area contributed by atoms with Crippen LogP contribution >= 0.6 is 0 Å². The molecule has 0 aliphatic carbocycles. The van der Waals surface area contributed by atoms with Gasteiger partial charge in [-0.3, -0.25) is 0 Å². The van der Waals surface area contributed by atoms with Crippen molar-refractivity contribution in [2.75, 3.05) is 18.6 Å². The van der Waals surface area contributed by atoms with E-state index in [0.717, 1.165) is 11.3 Å². The first-order valence-corrected chi connectivity index (χ1v) is 7.21. The van der Waals surface area contributed by atoms with Gasteiger partial charge in [0.1, 0.15) is 12.4 Å². The van der Waals surface area contributed by atoms with Crippen LogP contribution in [0, 0.1) is 0 Å². The summed E-state index contributed by atoms with van der Waals surface area (Å²) in [5, 5.41) is 4.31. The molecule has 1 aliphatic heterocycles. The van der Waals surface area contributed by atoms with Crippen LogP contribution in [0.25, 0.3) is 0 Å². The normalized spacial score (nSPS) is 17.4. The van der Waals surface area contributed by atoms with Crippen LogP contribution in [0.15, 0.2) is 47.9 Å². The van der Waals surface area contributed by atoms with E-state index in [9.17, 15) is 4.79 Å². The zero-order valence-corrected chi connectivity index (χ0v) is 12.9. The monoisotopic (exact) mass is 298 g/mol. The third kappa shape index (κ3) is 2.16. The van der Waals surface area contributed by atoms with E-state index >= 15 is 0 Å². The number of fused-ring (bicyclic) bond motifs is 1. The Morgan fingerprint density at radius 1 is 1.32 bits per heavy atom. The smallest absolute Gasteiger partial charge is 0.338 e. The average molecular weight is 298 g/mol. The SMILES string of the molecule is CCOC(=O)C1=C(C)N(C)c2ncnn2[C@@H]1c1ccccc1. The molecule has 0 bridgehead atoms. The fraction of sp³-hybridized carbons (Fsp3) is 0.312. The summed E-state index contributed by atoms with van der Waals surface area (Å²) in [4.78, 5) is 18.7. The van der Waals surface area contributed by atoms with Crippen LogP contribution in [0.5, 0.6) is 0 Å². The zero-order valence-electron chi connectivity index (χ0n) is 12.9. The van der Waals surface area contributed by atoms with Crippen LogP contribution in [0.3, 0.4) is 0 Å². The van der Waals surface area contributed by atoms with E-state index in [1.165, 1.54) is 6.33 Å². The van der Waals surface area contributed by atoms with Crippen molar-refractivity contribution in [3.63, 3.8) is 0 Å². The van der Waals surface area contributed by atoms with Gasteiger partial charge in [-0.05, 0) is 19.4 Å². The lowest BCUT2D eigenvalue weighted by Crippen LogP contribution is -2.34. The third-order valence-corrected chi connectivity index (χ3v) is 3.88. The number of ether oxygens (including phenoxy) is 1. The molecule has 0 unspecified atom stereocenters. The van der Waals surface area contributed by atoms with Gasteiger partial charge in [-0.15, -0.1) is 0 Å². The van der Waals surface area contributed by atoms with Crippen LogP contribution in [0.2, 0.25) is 0 Å². The average Bonchev–Trinajstić information content (AvgIpc) is 3.01. The first kappa shape index (κ1) is 14.3. The van der Waals surface area contributed by atoms with Crippen molar-refractivity contribution in [1.29, 1.82) is 0 Å². The molecule has 2 aromatic rings. The minimum Gasteiger partial charge on any atom is -0.463 e. The van der Waals surface area contributed by atoms with Gasteiger partial charge in [0.2, 0.25) is 5.95 Å². The molecule has 114 valence electrons. The van der Waals surface area contributed by atoms with Gasteiger partial charge in [0, 0.05) is 12.7 Å². The molecule has 0 spiro atoms. The molecule has 1 aromatic carbocycles. The van der Waals surface area contributed by atoms with Gasteiger partial charge in [0.05, 0.1) is 12.2 Å². The molecule has 1 aliphatic rings. The number of hydrogen-bond acceptors (Lipinski definition) is 5. The van der Waals surface area contributed by atoms with E-state index in [1.807, 2.05) is 49.2 Å². The number of esters is 1. The van der Waals surface area contributed by atoms with E-state index < -0.39 is 0 Å². The fourth-order valence-corrected chi connectivity index (χ4v) is 2.73. The van der Waals surface area contributed by atoms with Crippen LogP contribution < -0.4 is 4.90 Å². The summed E-state index contributed by atoms with van der Waals surface area (Å²) in [6, 6.07) is 9.47. The van der Waals surface area contributed by atoms with Crippen molar-refractivity contribution in [3.05, 3.63) is 53.5 Å². The summed E-state index contributed by atoms with van der Waals surface area (Å²) in [6.45, 7) is 4.05. The van der Waals surface area contributed by atoms with Gasteiger partial charge in [-0.1, -0.05) is 30.3 Å². The lowest BCUT2D eigenvalue weighted by atomic mass is 9.95. The Morgan fingerprint density at radius 2 is 2.05 bits per heavy atom. The second kappa shape index (κ2) is 5.63. The first-order valence-electron chi connectivity index (χ1n) is 7.21. The molecule has 22 heavy (non-hydrogen) atoms. The Kier molecular flexibility index (Phi) is 3.66. The van der Waals surface area contributed by atoms with Crippen molar-refractivity contribution in [3.8, 4) is 0 Å². The quantitative estimate of drug-likeness (QED) is 0.813. The maximum atomic E-state index is 12.5. The van der Waals surface area contributed by atoms with Crippen molar-refractivity contribution >= 4 is 11.9 Å². The highest BCUT2D eigenvalue weighted by atomic mass is 16.5. The number of allylic oxidation sites excluding steroid dienone is 1. The molecule has 0 radical (unpaired) electrons. The summed E-state index contributed by atoms with van der Waals surface area (Å²) < 4.78 is 7.02. The number of carbonyl (C=O) groups excluding carboxylic acids is 1. The van der Waals surface area contributed by atoms with Crippen LogP contribution in [0.4, 0.5) is 5.95 Å². The van der Waals surface area contributed by atoms with Gasteiger partial charge in [0.25, 0.3) is 0 Å². The Balaban J connectivity index is 2.19. The lowest BCUT2D eigenvalue weighted by molar-refractivity contribution is -0.139. The van der Waals surface area contributed by atoms with E-state index in [4.69, 9.17) is 4.74 Å². The van der Waals surface area contributed by atoms with E-state index in [2.05, 4.69) is 10.1 Å². The predicted octanol–water partition coefficient (Wildman–Crippen LogP) is 2.15. The highest BCUT2D eigenvalue weighted by molar-refractivity contribution is 5.92. The van der Waals surface area contributed by atoms with Crippen LogP contribution in [-0.4, -0.2) is 34.4 Å². The van der Waals surface area contributed by atoms with Gasteiger partial charge < -0.3 is 9.64 Å². The lowest BCUT2D eigenvalue weighted by Gasteiger charge is -2.33. The van der Waals surface area contributed by atoms with Gasteiger partial charge in [0.15, 0.2) is 0 Å². The van der Waals surface area contributed by atoms with Crippen LogP contribution in [0.1, 0.15) is 25.5 Å². The van der Waals surface area contributed by atoms with Gasteiger partial charge >= 0.3 is 5.97 Å². The highest BCUT2D eigenvalue weighted by Crippen LogP contribution is 2.37. The summed E-state index contributed by atoms with van der Waals surface area (Å²) in [7, 11) is 1.87. The summed E-state index contributed by atoms with van der Waals surface area (Å²) in [5.74, 6) is 0.390. The maximum absolute atomic E-state index is 12.5. The molecule has 0 saturated heterocycles. The zero-order chi connectivity index (χ0) is 15.7. The molecule has 2 heterocycles. The minimum absolute atomic E-state index is 0.318. The minimum atomic E-state index is -0.325. The molecule has 3 rings (SSSR count). The molecule has 0 N–H and O–H groups in total. The standard InChI is InChI=1S/C16H18N4O2/c1-4-22-15(21)13-11(2)19(3)16-17-10-18-20(16)14(13)12-8-6-5-7-9-12/h5-10,14H,4H2,1-3H3/t14-/m1/s1. The van der Waals surface area contributed by atoms with Crippen LogP contribution in [-0.2, 0) is 9.53 Å². The Labute approximate surface area is 129 Å². The Bertz CT molecular complexity index is 721. The van der Waals surface area contributed by atoms with E-state index in [0.29, 0.717) is 18.1 Å². The molecular formula is C16H18N4O2. The molecule has 1 atom stereocenters.